The van der Waals surface area contributed by atoms with Gasteiger partial charge in [0.1, 0.15) is 5.82 Å². The predicted molar refractivity (Wildman–Crippen MR) is 83.7 cm³/mol. The molecule has 0 spiro atoms. The highest BCUT2D eigenvalue weighted by atomic mass is 32.2. The summed E-state index contributed by atoms with van der Waals surface area (Å²) in [5, 5.41) is 3.36. The smallest absolute Gasteiger partial charge is 0.175 e. The first-order valence-corrected chi connectivity index (χ1v) is 8.64. The first kappa shape index (κ1) is 15.7. The topological polar surface area (TPSA) is 74.8 Å². The number of nitrogens with zero attached hydrogens (tertiary/aromatic N) is 1. The Hall–Kier alpha value is -1.66. The second kappa shape index (κ2) is 5.61. The number of H-pyrrole nitrogens is 1. The van der Waals surface area contributed by atoms with Crippen LogP contribution in [-0.4, -0.2) is 30.2 Å². The Labute approximate surface area is 125 Å². The van der Waals surface area contributed by atoms with Crippen LogP contribution < -0.4 is 5.32 Å². The van der Waals surface area contributed by atoms with Gasteiger partial charge in [0.2, 0.25) is 0 Å². The zero-order chi connectivity index (χ0) is 15.7. The summed E-state index contributed by atoms with van der Waals surface area (Å²) in [5.41, 5.74) is 1.82. The third kappa shape index (κ3) is 4.41. The maximum Gasteiger partial charge on any atom is 0.175 e. The lowest BCUT2D eigenvalue weighted by atomic mass is 10.1. The quantitative estimate of drug-likeness (QED) is 0.909. The molecule has 2 rings (SSSR count). The number of rotatable bonds is 4. The van der Waals surface area contributed by atoms with Crippen LogP contribution >= 0.6 is 0 Å². The number of hydrogen-bond donors (Lipinski definition) is 2. The summed E-state index contributed by atoms with van der Waals surface area (Å²) in [7, 11) is -3.16. The molecule has 2 aromatic rings. The van der Waals surface area contributed by atoms with Crippen molar-refractivity contribution >= 4 is 9.84 Å². The molecule has 0 amide bonds. The summed E-state index contributed by atoms with van der Waals surface area (Å²) in [6.07, 6.45) is 2.96. The first-order chi connectivity index (χ1) is 9.65. The number of aromatic nitrogens is 2. The Kier molecular flexibility index (Phi) is 4.20. The van der Waals surface area contributed by atoms with Crippen molar-refractivity contribution in [2.24, 2.45) is 0 Å². The van der Waals surface area contributed by atoms with Gasteiger partial charge in [0.25, 0.3) is 0 Å². The lowest BCUT2D eigenvalue weighted by Crippen LogP contribution is -2.35. The van der Waals surface area contributed by atoms with E-state index in [4.69, 9.17) is 0 Å². The van der Waals surface area contributed by atoms with Crippen molar-refractivity contribution in [2.75, 3.05) is 6.26 Å². The molecule has 0 aliphatic rings. The van der Waals surface area contributed by atoms with Crippen molar-refractivity contribution < 1.29 is 8.42 Å². The summed E-state index contributed by atoms with van der Waals surface area (Å²) >= 11 is 0. The van der Waals surface area contributed by atoms with E-state index in [1.807, 2.05) is 0 Å². The highest BCUT2D eigenvalue weighted by molar-refractivity contribution is 7.90. The van der Waals surface area contributed by atoms with Crippen LogP contribution in [0.15, 0.2) is 35.4 Å². The second-order valence-electron chi connectivity index (χ2n) is 6.14. The molecule has 0 fully saturated rings. The molecular formula is C15H21N3O2S. The van der Waals surface area contributed by atoms with E-state index in [0.29, 0.717) is 11.4 Å². The van der Waals surface area contributed by atoms with Gasteiger partial charge in [-0.15, -0.1) is 0 Å². The van der Waals surface area contributed by atoms with Crippen LogP contribution in [0, 0.1) is 0 Å². The van der Waals surface area contributed by atoms with Crippen LogP contribution in [0.25, 0.3) is 11.3 Å². The summed E-state index contributed by atoms with van der Waals surface area (Å²) in [4.78, 5) is 7.89. The summed E-state index contributed by atoms with van der Waals surface area (Å²) in [6, 6.07) is 6.78. The van der Waals surface area contributed by atoms with Gasteiger partial charge in [-0.25, -0.2) is 13.4 Å². The SMILES string of the molecule is CC(C)(C)NCc1ncc(-c2ccc(S(C)(=O)=O)cc2)[nH]1. The summed E-state index contributed by atoms with van der Waals surface area (Å²) in [6.45, 7) is 6.95. The molecule has 0 radical (unpaired) electrons. The first-order valence-electron chi connectivity index (χ1n) is 6.74. The van der Waals surface area contributed by atoms with E-state index < -0.39 is 9.84 Å². The molecule has 0 unspecified atom stereocenters. The Balaban J connectivity index is 2.14. The van der Waals surface area contributed by atoms with Gasteiger partial charge >= 0.3 is 0 Å². The van der Waals surface area contributed by atoms with Crippen molar-refractivity contribution in [1.82, 2.24) is 15.3 Å². The number of nitrogens with one attached hydrogen (secondary N) is 2. The minimum Gasteiger partial charge on any atom is -0.341 e. The average molecular weight is 307 g/mol. The van der Waals surface area contributed by atoms with Gasteiger partial charge in [0, 0.05) is 11.8 Å². The second-order valence-corrected chi connectivity index (χ2v) is 8.16. The summed E-state index contributed by atoms with van der Waals surface area (Å²) in [5.74, 6) is 0.854. The lowest BCUT2D eigenvalue weighted by Gasteiger charge is -2.19. The van der Waals surface area contributed by atoms with Crippen LogP contribution in [-0.2, 0) is 16.4 Å². The number of benzene rings is 1. The summed E-state index contributed by atoms with van der Waals surface area (Å²) < 4.78 is 22.9. The zero-order valence-electron chi connectivity index (χ0n) is 12.8. The average Bonchev–Trinajstić information content (AvgIpc) is 2.83. The van der Waals surface area contributed by atoms with Crippen LogP contribution in [0.5, 0.6) is 0 Å². The molecule has 0 bridgehead atoms. The third-order valence-corrected chi connectivity index (χ3v) is 4.14. The Morgan fingerprint density at radius 1 is 1.19 bits per heavy atom. The molecule has 1 aromatic carbocycles. The van der Waals surface area contributed by atoms with E-state index in [1.54, 1.807) is 30.5 Å². The van der Waals surface area contributed by atoms with E-state index in [2.05, 4.69) is 36.1 Å². The van der Waals surface area contributed by atoms with Gasteiger partial charge in [-0.3, -0.25) is 0 Å². The van der Waals surface area contributed by atoms with E-state index in [-0.39, 0.29) is 5.54 Å². The van der Waals surface area contributed by atoms with Crippen LogP contribution in [0.4, 0.5) is 0 Å². The maximum atomic E-state index is 11.4. The fourth-order valence-corrected chi connectivity index (χ4v) is 2.46. The van der Waals surface area contributed by atoms with E-state index in [0.717, 1.165) is 17.1 Å². The van der Waals surface area contributed by atoms with Gasteiger partial charge in [-0.05, 0) is 38.5 Å². The van der Waals surface area contributed by atoms with Crippen molar-refractivity contribution in [1.29, 1.82) is 0 Å². The minimum absolute atomic E-state index is 0.0318. The third-order valence-electron chi connectivity index (χ3n) is 3.01. The zero-order valence-corrected chi connectivity index (χ0v) is 13.6. The van der Waals surface area contributed by atoms with Crippen molar-refractivity contribution in [3.63, 3.8) is 0 Å². The van der Waals surface area contributed by atoms with Crippen molar-refractivity contribution in [2.45, 2.75) is 37.8 Å². The van der Waals surface area contributed by atoms with Gasteiger partial charge in [0.15, 0.2) is 9.84 Å². The minimum atomic E-state index is -3.16. The van der Waals surface area contributed by atoms with E-state index in [1.165, 1.54) is 6.26 Å². The normalized spacial score (nSPS) is 12.6. The van der Waals surface area contributed by atoms with Crippen LogP contribution in [0.3, 0.4) is 0 Å². The number of imidazole rings is 1. The molecular weight excluding hydrogens is 286 g/mol. The Morgan fingerprint density at radius 3 is 2.33 bits per heavy atom. The molecule has 0 aliphatic carbocycles. The highest BCUT2D eigenvalue weighted by Crippen LogP contribution is 2.19. The maximum absolute atomic E-state index is 11.4. The molecule has 21 heavy (non-hydrogen) atoms. The highest BCUT2D eigenvalue weighted by Gasteiger charge is 2.11. The number of hydrogen-bond acceptors (Lipinski definition) is 4. The predicted octanol–water partition coefficient (Wildman–Crippen LogP) is 2.37. The fourth-order valence-electron chi connectivity index (χ4n) is 1.83. The van der Waals surface area contributed by atoms with E-state index >= 15 is 0 Å². The molecule has 114 valence electrons. The molecule has 2 N–H and O–H groups in total. The molecule has 0 aliphatic heterocycles. The van der Waals surface area contributed by atoms with Gasteiger partial charge in [-0.1, -0.05) is 12.1 Å². The largest absolute Gasteiger partial charge is 0.341 e. The molecule has 0 atom stereocenters. The number of sulfone groups is 1. The Morgan fingerprint density at radius 2 is 1.81 bits per heavy atom. The lowest BCUT2D eigenvalue weighted by molar-refractivity contribution is 0.418. The van der Waals surface area contributed by atoms with Crippen LogP contribution in [0.1, 0.15) is 26.6 Å². The van der Waals surface area contributed by atoms with Gasteiger partial charge in [-0.2, -0.15) is 0 Å². The van der Waals surface area contributed by atoms with E-state index in [9.17, 15) is 8.42 Å². The fraction of sp³-hybridized carbons (Fsp3) is 0.400. The van der Waals surface area contributed by atoms with Gasteiger partial charge in [0.05, 0.1) is 23.3 Å². The number of aromatic amines is 1. The van der Waals surface area contributed by atoms with Crippen molar-refractivity contribution in [3.05, 3.63) is 36.3 Å². The molecule has 0 saturated carbocycles. The molecule has 0 saturated heterocycles. The molecule has 6 heteroatoms. The molecule has 1 aromatic heterocycles. The molecule has 5 nitrogen and oxygen atoms in total. The monoisotopic (exact) mass is 307 g/mol. The standard InChI is InChI=1S/C15H21N3O2S/c1-15(2,3)17-10-14-16-9-13(18-14)11-5-7-12(8-6-11)21(4,19)20/h5-9,17H,10H2,1-4H3,(H,16,18). The van der Waals surface area contributed by atoms with Gasteiger partial charge < -0.3 is 10.3 Å². The van der Waals surface area contributed by atoms with Crippen LogP contribution in [0.2, 0.25) is 0 Å². The van der Waals surface area contributed by atoms with Crippen molar-refractivity contribution in [3.8, 4) is 11.3 Å². The Bertz CT molecular complexity index is 710. The molecule has 1 heterocycles.